The molecule has 120 valence electrons. The number of phenolic OH excluding ortho intramolecular Hbond substituents is 2. The molecule has 1 aromatic carbocycles. The van der Waals surface area contributed by atoms with Crippen LogP contribution < -0.4 is 16.7 Å². The fourth-order valence-electron chi connectivity index (χ4n) is 1.40. The van der Waals surface area contributed by atoms with Crippen molar-refractivity contribution in [2.24, 2.45) is 5.10 Å². The summed E-state index contributed by atoms with van der Waals surface area (Å²) in [5, 5.41) is 27.6. The molecule has 2 aromatic rings. The van der Waals surface area contributed by atoms with Crippen LogP contribution in [0.3, 0.4) is 0 Å². The van der Waals surface area contributed by atoms with Gasteiger partial charge in [-0.15, -0.1) is 0 Å². The van der Waals surface area contributed by atoms with Crippen molar-refractivity contribution in [3.05, 3.63) is 44.6 Å². The summed E-state index contributed by atoms with van der Waals surface area (Å²) in [7, 11) is 0. The van der Waals surface area contributed by atoms with Crippen molar-refractivity contribution < 1.29 is 15.0 Å². The van der Waals surface area contributed by atoms with Crippen molar-refractivity contribution >= 4 is 23.9 Å². The molecule has 0 bridgehead atoms. The second-order valence-electron chi connectivity index (χ2n) is 4.14. The van der Waals surface area contributed by atoms with Crippen LogP contribution in [0.25, 0.3) is 0 Å². The third kappa shape index (κ3) is 4.71. The predicted octanol–water partition coefficient (Wildman–Crippen LogP) is -0.888. The first-order valence-electron chi connectivity index (χ1n) is 6.11. The van der Waals surface area contributed by atoms with Gasteiger partial charge in [-0.1, -0.05) is 11.8 Å². The number of hydrazone groups is 1. The summed E-state index contributed by atoms with van der Waals surface area (Å²) >= 11 is 0.831. The van der Waals surface area contributed by atoms with Gasteiger partial charge in [0.05, 0.1) is 12.0 Å². The van der Waals surface area contributed by atoms with Crippen molar-refractivity contribution in [3.63, 3.8) is 0 Å². The zero-order valence-corrected chi connectivity index (χ0v) is 12.3. The number of aromatic hydroxyl groups is 2. The van der Waals surface area contributed by atoms with Gasteiger partial charge in [0, 0.05) is 0 Å². The monoisotopic (exact) mass is 337 g/mol. The molecule has 0 unspecified atom stereocenters. The first-order chi connectivity index (χ1) is 11.0. The molecule has 5 N–H and O–H groups in total. The summed E-state index contributed by atoms with van der Waals surface area (Å²) in [6.45, 7) is 0. The van der Waals surface area contributed by atoms with Crippen LogP contribution in [0.15, 0.2) is 37.9 Å². The molecular formula is C12H11N5O5S. The lowest BCUT2D eigenvalue weighted by molar-refractivity contribution is -0.118. The Hall–Kier alpha value is -3.08. The Balaban J connectivity index is 1.87. The van der Waals surface area contributed by atoms with Crippen molar-refractivity contribution in [3.8, 4) is 11.5 Å². The number of hydrogen-bond donors (Lipinski definition) is 5. The fourth-order valence-corrected chi connectivity index (χ4v) is 2.03. The number of carbonyl (C=O) groups is 1. The third-order valence-electron chi connectivity index (χ3n) is 2.42. The number of aromatic nitrogens is 3. The van der Waals surface area contributed by atoms with Crippen molar-refractivity contribution in [1.82, 2.24) is 20.6 Å². The molecule has 2 rings (SSSR count). The van der Waals surface area contributed by atoms with Gasteiger partial charge in [-0.2, -0.15) is 10.2 Å². The molecule has 0 saturated heterocycles. The number of hydrogen-bond acceptors (Lipinski definition) is 8. The Kier molecular flexibility index (Phi) is 5.15. The van der Waals surface area contributed by atoms with Gasteiger partial charge in [0.25, 0.3) is 5.56 Å². The van der Waals surface area contributed by atoms with Gasteiger partial charge in [-0.25, -0.2) is 15.3 Å². The lowest BCUT2D eigenvalue weighted by Crippen LogP contribution is -2.26. The van der Waals surface area contributed by atoms with Crippen LogP contribution in [0.5, 0.6) is 11.5 Å². The number of amides is 1. The van der Waals surface area contributed by atoms with Gasteiger partial charge in [0.15, 0.2) is 16.5 Å². The zero-order valence-electron chi connectivity index (χ0n) is 11.4. The Labute approximate surface area is 132 Å². The number of H-pyrrole nitrogens is 2. The summed E-state index contributed by atoms with van der Waals surface area (Å²) < 4.78 is 0. The Morgan fingerprint density at radius 1 is 1.35 bits per heavy atom. The van der Waals surface area contributed by atoms with Gasteiger partial charge in [-0.05, 0) is 23.8 Å². The number of phenols is 2. The highest BCUT2D eigenvalue weighted by molar-refractivity contribution is 7.99. The van der Waals surface area contributed by atoms with E-state index in [1.165, 1.54) is 24.4 Å². The van der Waals surface area contributed by atoms with Crippen LogP contribution in [0.1, 0.15) is 5.56 Å². The smallest absolute Gasteiger partial charge is 0.342 e. The summed E-state index contributed by atoms with van der Waals surface area (Å²) in [6.07, 6.45) is 1.27. The van der Waals surface area contributed by atoms with E-state index in [1.54, 1.807) is 0 Å². The maximum Gasteiger partial charge on any atom is 0.342 e. The number of aromatic amines is 2. The van der Waals surface area contributed by atoms with E-state index in [2.05, 4.69) is 20.7 Å². The molecule has 0 aliphatic rings. The summed E-state index contributed by atoms with van der Waals surface area (Å²) in [6, 6.07) is 4.04. The van der Waals surface area contributed by atoms with Crippen LogP contribution in [0.2, 0.25) is 0 Å². The average Bonchev–Trinajstić information content (AvgIpc) is 2.50. The molecule has 10 nitrogen and oxygen atoms in total. The highest BCUT2D eigenvalue weighted by Gasteiger charge is 2.07. The van der Waals surface area contributed by atoms with Crippen LogP contribution in [0.4, 0.5) is 0 Å². The maximum atomic E-state index is 11.6. The minimum Gasteiger partial charge on any atom is -0.504 e. The standard InChI is InChI=1S/C12H11N5O5S/c18-7-2-1-6(3-8(7)19)4-13-15-9(20)5-23-11-10(21)14-12(22)17-16-11/h1-4,18-19H,5H2,(H,15,20)(H2,14,17,21,22)/b13-4+. The molecule has 0 fully saturated rings. The molecule has 1 heterocycles. The molecule has 0 spiro atoms. The number of benzene rings is 1. The number of carbonyl (C=O) groups excluding carboxylic acids is 1. The second kappa shape index (κ2) is 7.26. The molecule has 0 aliphatic carbocycles. The van der Waals surface area contributed by atoms with Crippen LogP contribution >= 0.6 is 11.8 Å². The first kappa shape index (κ1) is 16.3. The van der Waals surface area contributed by atoms with Gasteiger partial charge in [0.1, 0.15) is 0 Å². The summed E-state index contributed by atoms with van der Waals surface area (Å²) in [5.41, 5.74) is 1.27. The molecule has 23 heavy (non-hydrogen) atoms. The molecular weight excluding hydrogens is 326 g/mol. The summed E-state index contributed by atoms with van der Waals surface area (Å²) in [4.78, 5) is 35.7. The molecule has 0 atom stereocenters. The highest BCUT2D eigenvalue weighted by Crippen LogP contribution is 2.23. The molecule has 11 heteroatoms. The largest absolute Gasteiger partial charge is 0.504 e. The van der Waals surface area contributed by atoms with Gasteiger partial charge in [0.2, 0.25) is 5.91 Å². The minimum atomic E-state index is -0.731. The SMILES string of the molecule is O=C(CSc1n[nH]c(=O)[nH]c1=O)N/N=C/c1ccc(O)c(O)c1. The lowest BCUT2D eigenvalue weighted by Gasteiger charge is -2.00. The number of nitrogens with one attached hydrogen (secondary N) is 3. The Morgan fingerprint density at radius 2 is 2.13 bits per heavy atom. The molecule has 1 aromatic heterocycles. The number of thioether (sulfide) groups is 1. The van der Waals surface area contributed by atoms with E-state index in [9.17, 15) is 19.5 Å². The number of rotatable bonds is 5. The van der Waals surface area contributed by atoms with E-state index >= 15 is 0 Å². The fraction of sp³-hybridized carbons (Fsp3) is 0.0833. The second-order valence-corrected chi connectivity index (χ2v) is 5.11. The van der Waals surface area contributed by atoms with Gasteiger partial charge < -0.3 is 10.2 Å². The van der Waals surface area contributed by atoms with Crippen molar-refractivity contribution in [2.45, 2.75) is 5.03 Å². The van der Waals surface area contributed by atoms with E-state index < -0.39 is 17.2 Å². The molecule has 1 amide bonds. The molecule has 0 aliphatic heterocycles. The van der Waals surface area contributed by atoms with Gasteiger partial charge in [-0.3, -0.25) is 14.6 Å². The van der Waals surface area contributed by atoms with Gasteiger partial charge >= 0.3 is 5.69 Å². The summed E-state index contributed by atoms with van der Waals surface area (Å²) in [5.74, 6) is -1.21. The van der Waals surface area contributed by atoms with E-state index in [0.717, 1.165) is 11.8 Å². The highest BCUT2D eigenvalue weighted by atomic mass is 32.2. The Bertz CT molecular complexity index is 859. The lowest BCUT2D eigenvalue weighted by atomic mass is 10.2. The van der Waals surface area contributed by atoms with Crippen LogP contribution in [0, 0.1) is 0 Å². The van der Waals surface area contributed by atoms with Crippen LogP contribution in [-0.2, 0) is 4.79 Å². The quantitative estimate of drug-likeness (QED) is 0.205. The maximum absolute atomic E-state index is 11.6. The third-order valence-corrected chi connectivity index (χ3v) is 3.38. The van der Waals surface area contributed by atoms with Crippen LogP contribution in [-0.4, -0.2) is 43.3 Å². The average molecular weight is 337 g/mol. The van der Waals surface area contributed by atoms with E-state index in [1.807, 2.05) is 4.98 Å². The minimum absolute atomic E-state index is 0.0489. The predicted molar refractivity (Wildman–Crippen MR) is 81.7 cm³/mol. The number of nitrogens with zero attached hydrogens (tertiary/aromatic N) is 2. The normalized spacial score (nSPS) is 10.8. The molecule has 0 radical (unpaired) electrons. The van der Waals surface area contributed by atoms with E-state index in [-0.39, 0.29) is 22.3 Å². The van der Waals surface area contributed by atoms with Crippen molar-refractivity contribution in [2.75, 3.05) is 5.75 Å². The van der Waals surface area contributed by atoms with E-state index in [0.29, 0.717) is 5.56 Å². The zero-order chi connectivity index (χ0) is 16.8. The van der Waals surface area contributed by atoms with Crippen molar-refractivity contribution in [1.29, 1.82) is 0 Å². The first-order valence-corrected chi connectivity index (χ1v) is 7.10. The Morgan fingerprint density at radius 3 is 2.83 bits per heavy atom. The molecule has 0 saturated carbocycles. The van der Waals surface area contributed by atoms with E-state index in [4.69, 9.17) is 5.11 Å². The topological polar surface area (TPSA) is 161 Å².